The average Bonchev–Trinajstić information content (AvgIpc) is 2.89. The molecule has 10 nitrogen and oxygen atoms in total. The first-order chi connectivity index (χ1) is 18.3. The highest BCUT2D eigenvalue weighted by Crippen LogP contribution is 2.24. The van der Waals surface area contributed by atoms with Crippen molar-refractivity contribution in [3.05, 3.63) is 12.2 Å². The molecule has 0 saturated carbocycles. The first-order valence-electron chi connectivity index (χ1n) is 12.8. The number of fused-ring (bicyclic) bond motifs is 15. The number of hydrogen-bond acceptors (Lipinski definition) is 10. The van der Waals surface area contributed by atoms with Crippen molar-refractivity contribution in [1.29, 1.82) is 0 Å². The molecule has 3 aliphatic heterocycles. The normalized spacial score (nSPS) is 29.5. The van der Waals surface area contributed by atoms with Crippen molar-refractivity contribution in [3.8, 4) is 0 Å². The summed E-state index contributed by atoms with van der Waals surface area (Å²) in [5.41, 5.74) is 0. The third kappa shape index (κ3) is 11.2. The summed E-state index contributed by atoms with van der Waals surface area (Å²) in [7, 11) is 2.94. The molecule has 1 unspecified atom stereocenters. The van der Waals surface area contributed by atoms with Gasteiger partial charge in [0.1, 0.15) is 24.5 Å². The molecule has 0 aromatic heterocycles. The van der Waals surface area contributed by atoms with Gasteiger partial charge >= 0.3 is 5.97 Å². The van der Waals surface area contributed by atoms with Crippen LogP contribution in [0, 0.1) is 5.92 Å². The largest absolute Gasteiger partial charge is 0.457 e. The number of carbonyl (C=O) groups excluding carboxylic acids is 5. The molecule has 3 heterocycles. The second kappa shape index (κ2) is 17.8. The molecule has 6 atom stereocenters. The molecule has 1 fully saturated rings. The van der Waals surface area contributed by atoms with Gasteiger partial charge in [0.15, 0.2) is 0 Å². The Hall–Kier alpha value is -1.70. The number of hydrogen-bond donors (Lipinski definition) is 3. The van der Waals surface area contributed by atoms with Gasteiger partial charge in [-0.2, -0.15) is 11.8 Å². The maximum Gasteiger partial charge on any atom is 0.309 e. The standard InChI is InChI=1S/C25H39N3O7S3/c1-4-16(2)23-20(34-10-6-9-29)14-22(31)35-17-7-5-11-37-38-15-19(25(33)28-23)27-24(32)18(8-12-36-3)26-21(30)13-17/h5,7,9,16-20,23H,4,6,8,10-15H2,1-3H3,(H,26,30)(H,27,32)(H,28,33)/b7-5+/t16-,17-,18-,19-,20+,23?/m1/s1. The van der Waals surface area contributed by atoms with Gasteiger partial charge in [-0.05, 0) is 30.4 Å². The van der Waals surface area contributed by atoms with E-state index in [1.807, 2.05) is 26.2 Å². The van der Waals surface area contributed by atoms with Gasteiger partial charge in [-0.15, -0.1) is 0 Å². The summed E-state index contributed by atoms with van der Waals surface area (Å²) < 4.78 is 11.6. The number of amides is 3. The molecule has 2 bridgehead atoms. The fourth-order valence-electron chi connectivity index (χ4n) is 4.01. The van der Waals surface area contributed by atoms with Gasteiger partial charge in [-0.3, -0.25) is 19.2 Å². The smallest absolute Gasteiger partial charge is 0.309 e. The van der Waals surface area contributed by atoms with Gasteiger partial charge in [-0.1, -0.05) is 47.9 Å². The number of esters is 1. The number of thioether (sulfide) groups is 1. The molecular formula is C25H39N3O7S3. The fourth-order valence-corrected chi connectivity index (χ4v) is 6.46. The van der Waals surface area contributed by atoms with E-state index >= 15 is 0 Å². The van der Waals surface area contributed by atoms with Crippen LogP contribution in [0.25, 0.3) is 0 Å². The molecule has 13 heteroatoms. The summed E-state index contributed by atoms with van der Waals surface area (Å²) in [6.45, 7) is 4.00. The number of rotatable bonds is 9. The van der Waals surface area contributed by atoms with E-state index in [1.165, 1.54) is 21.6 Å². The molecule has 0 aromatic carbocycles. The highest BCUT2D eigenvalue weighted by molar-refractivity contribution is 8.76. The Morgan fingerprint density at radius 3 is 2.66 bits per heavy atom. The van der Waals surface area contributed by atoms with Crippen molar-refractivity contribution >= 4 is 63.3 Å². The van der Waals surface area contributed by atoms with Crippen LogP contribution in [0.1, 0.15) is 46.0 Å². The Kier molecular flexibility index (Phi) is 15.2. The van der Waals surface area contributed by atoms with Gasteiger partial charge < -0.3 is 30.2 Å². The quantitative estimate of drug-likeness (QED) is 0.120. The van der Waals surface area contributed by atoms with Crippen molar-refractivity contribution in [1.82, 2.24) is 16.0 Å². The minimum absolute atomic E-state index is 0.0778. The fraction of sp³-hybridized carbons (Fsp3) is 0.720. The highest BCUT2D eigenvalue weighted by atomic mass is 33.1. The lowest BCUT2D eigenvalue weighted by atomic mass is 9.92. The Bertz CT molecular complexity index is 845. The van der Waals surface area contributed by atoms with E-state index in [1.54, 1.807) is 17.8 Å². The number of nitrogens with one attached hydrogen (secondary N) is 3. The predicted molar refractivity (Wildman–Crippen MR) is 152 cm³/mol. The van der Waals surface area contributed by atoms with Crippen LogP contribution < -0.4 is 16.0 Å². The number of carbonyl (C=O) groups is 5. The van der Waals surface area contributed by atoms with Gasteiger partial charge in [0.25, 0.3) is 0 Å². The van der Waals surface area contributed by atoms with Gasteiger partial charge in [0, 0.05) is 17.9 Å². The van der Waals surface area contributed by atoms with Gasteiger partial charge in [0.05, 0.1) is 31.6 Å². The van der Waals surface area contributed by atoms with Crippen LogP contribution in [0.15, 0.2) is 12.2 Å². The van der Waals surface area contributed by atoms with E-state index in [0.29, 0.717) is 30.1 Å². The molecule has 0 radical (unpaired) electrons. The summed E-state index contributed by atoms with van der Waals surface area (Å²) in [4.78, 5) is 63.7. The van der Waals surface area contributed by atoms with Crippen molar-refractivity contribution in [2.24, 2.45) is 5.92 Å². The maximum absolute atomic E-state index is 13.6. The van der Waals surface area contributed by atoms with E-state index in [0.717, 1.165) is 6.29 Å². The molecule has 0 aromatic rings. The zero-order chi connectivity index (χ0) is 27.9. The van der Waals surface area contributed by atoms with Crippen molar-refractivity contribution < 1.29 is 33.4 Å². The molecule has 214 valence electrons. The van der Waals surface area contributed by atoms with Crippen LogP contribution in [-0.4, -0.2) is 90.4 Å². The summed E-state index contributed by atoms with van der Waals surface area (Å²) in [6, 6.07) is -2.27. The average molecular weight is 590 g/mol. The summed E-state index contributed by atoms with van der Waals surface area (Å²) >= 11 is 1.55. The van der Waals surface area contributed by atoms with Crippen LogP contribution in [0.2, 0.25) is 0 Å². The Morgan fingerprint density at radius 1 is 1.16 bits per heavy atom. The van der Waals surface area contributed by atoms with E-state index in [4.69, 9.17) is 9.47 Å². The minimum Gasteiger partial charge on any atom is -0.457 e. The second-order valence-electron chi connectivity index (χ2n) is 9.18. The molecule has 3 aliphatic rings. The summed E-state index contributed by atoms with van der Waals surface area (Å²) in [5, 5.41) is 8.62. The van der Waals surface area contributed by atoms with Crippen LogP contribution in [0.5, 0.6) is 0 Å². The molecule has 0 spiro atoms. The highest BCUT2D eigenvalue weighted by Gasteiger charge is 2.35. The Balaban J connectivity index is 2.51. The van der Waals surface area contributed by atoms with Crippen molar-refractivity contribution in [2.45, 2.75) is 76.3 Å². The SMILES string of the molecule is CC[C@@H](C)C1NC(=O)[C@H]2CSSC/C=C/[C@H](CC(=O)N[C@H](CCSC)C(=O)N2)OC(=O)C[C@@H]1OCCC=O. The van der Waals surface area contributed by atoms with Crippen molar-refractivity contribution in [3.63, 3.8) is 0 Å². The second-order valence-corrected chi connectivity index (χ2v) is 12.7. The first kappa shape index (κ1) is 32.5. The van der Waals surface area contributed by atoms with Crippen LogP contribution in [-0.2, 0) is 33.4 Å². The van der Waals surface area contributed by atoms with Crippen LogP contribution >= 0.6 is 33.3 Å². The third-order valence-electron chi connectivity index (χ3n) is 6.30. The monoisotopic (exact) mass is 589 g/mol. The molecular weight excluding hydrogens is 550 g/mol. The molecule has 0 aliphatic carbocycles. The van der Waals surface area contributed by atoms with Gasteiger partial charge in [0.2, 0.25) is 17.7 Å². The number of ether oxygens (including phenoxy) is 2. The topological polar surface area (TPSA) is 140 Å². The van der Waals surface area contributed by atoms with E-state index in [9.17, 15) is 24.0 Å². The summed E-state index contributed by atoms with van der Waals surface area (Å²) in [5.74, 6) is -0.425. The lowest BCUT2D eigenvalue weighted by Gasteiger charge is -2.33. The molecule has 3 N–H and O–H groups in total. The Morgan fingerprint density at radius 2 is 1.95 bits per heavy atom. The molecule has 1 saturated heterocycles. The lowest BCUT2D eigenvalue weighted by molar-refractivity contribution is -0.152. The molecule has 38 heavy (non-hydrogen) atoms. The van der Waals surface area contributed by atoms with Crippen LogP contribution in [0.3, 0.4) is 0 Å². The van der Waals surface area contributed by atoms with E-state index in [-0.39, 0.29) is 31.8 Å². The zero-order valence-corrected chi connectivity index (χ0v) is 24.6. The van der Waals surface area contributed by atoms with Crippen LogP contribution in [0.4, 0.5) is 0 Å². The van der Waals surface area contributed by atoms with Crippen molar-refractivity contribution in [2.75, 3.05) is 30.1 Å². The summed E-state index contributed by atoms with van der Waals surface area (Å²) in [6.07, 6.45) is 5.46. The van der Waals surface area contributed by atoms with E-state index in [2.05, 4.69) is 16.0 Å². The van der Waals surface area contributed by atoms with Gasteiger partial charge in [-0.25, -0.2) is 0 Å². The molecule has 3 amide bonds. The lowest BCUT2D eigenvalue weighted by Crippen LogP contribution is -2.58. The minimum atomic E-state index is -0.868. The van der Waals surface area contributed by atoms with E-state index < -0.39 is 54.0 Å². The first-order valence-corrected chi connectivity index (χ1v) is 16.7. The molecule has 3 rings (SSSR count). The predicted octanol–water partition coefficient (Wildman–Crippen LogP) is 1.87. The maximum atomic E-state index is 13.6. The Labute approximate surface area is 236 Å². The third-order valence-corrected chi connectivity index (χ3v) is 9.22. The zero-order valence-electron chi connectivity index (χ0n) is 22.1. The number of aldehydes is 1.